The van der Waals surface area contributed by atoms with Crippen molar-refractivity contribution < 1.29 is 9.84 Å². The minimum atomic E-state index is 0.130. The molecular weight excluding hydrogens is 348 g/mol. The number of aliphatic hydroxyl groups is 1. The van der Waals surface area contributed by atoms with Gasteiger partial charge in [-0.2, -0.15) is 0 Å². The van der Waals surface area contributed by atoms with E-state index in [1.54, 1.807) is 0 Å². The van der Waals surface area contributed by atoms with E-state index >= 15 is 0 Å². The Bertz CT molecular complexity index is 1060. The monoisotopic (exact) mass is 366 g/mol. The van der Waals surface area contributed by atoms with Crippen molar-refractivity contribution in [2.45, 2.75) is 19.6 Å². The van der Waals surface area contributed by atoms with Crippen molar-refractivity contribution in [1.82, 2.24) is 9.55 Å². The maximum absolute atomic E-state index is 9.20. The lowest BCUT2D eigenvalue weighted by atomic mass is 10.1. The molecule has 0 amide bonds. The van der Waals surface area contributed by atoms with E-state index in [4.69, 9.17) is 16.3 Å². The smallest absolute Gasteiger partial charge is 0.147 e. The Morgan fingerprint density at radius 2 is 1.85 bits per heavy atom. The summed E-state index contributed by atoms with van der Waals surface area (Å²) in [6.45, 7) is 1.16. The molecule has 4 nitrogen and oxygen atoms in total. The zero-order valence-electron chi connectivity index (χ0n) is 14.2. The van der Waals surface area contributed by atoms with Gasteiger partial charge in [-0.1, -0.05) is 41.9 Å². The molecule has 132 valence electrons. The second-order valence-electron chi connectivity index (χ2n) is 6.19. The van der Waals surface area contributed by atoms with Gasteiger partial charge in [0.15, 0.2) is 0 Å². The van der Waals surface area contributed by atoms with Crippen LogP contribution in [0.2, 0.25) is 5.02 Å². The van der Waals surface area contributed by atoms with Crippen LogP contribution in [0.1, 0.15) is 12.2 Å². The van der Waals surface area contributed by atoms with Crippen molar-refractivity contribution in [3.8, 4) is 5.75 Å². The number of rotatable bonds is 6. The largest absolute Gasteiger partial charge is 0.486 e. The van der Waals surface area contributed by atoms with Crippen molar-refractivity contribution in [3.63, 3.8) is 0 Å². The highest BCUT2D eigenvalue weighted by atomic mass is 35.5. The summed E-state index contributed by atoms with van der Waals surface area (Å²) in [5.74, 6) is 1.63. The summed E-state index contributed by atoms with van der Waals surface area (Å²) in [5.41, 5.74) is 1.84. The van der Waals surface area contributed by atoms with E-state index < -0.39 is 0 Å². The zero-order chi connectivity index (χ0) is 17.9. The van der Waals surface area contributed by atoms with Crippen LogP contribution in [-0.4, -0.2) is 21.3 Å². The summed E-state index contributed by atoms with van der Waals surface area (Å²) in [4.78, 5) is 4.68. The van der Waals surface area contributed by atoms with Crippen molar-refractivity contribution in [3.05, 3.63) is 71.5 Å². The third kappa shape index (κ3) is 3.39. The highest BCUT2D eigenvalue weighted by molar-refractivity contribution is 6.31. The summed E-state index contributed by atoms with van der Waals surface area (Å²) in [6.07, 6.45) is 0.654. The van der Waals surface area contributed by atoms with Crippen molar-refractivity contribution in [2.24, 2.45) is 0 Å². The van der Waals surface area contributed by atoms with Crippen LogP contribution in [0.25, 0.3) is 21.8 Å². The molecule has 4 aromatic rings. The minimum Gasteiger partial charge on any atom is -0.486 e. The first-order chi connectivity index (χ1) is 12.7. The van der Waals surface area contributed by atoms with Crippen molar-refractivity contribution >= 4 is 33.4 Å². The average Bonchev–Trinajstić information content (AvgIpc) is 3.01. The molecule has 0 atom stereocenters. The number of nitrogens with zero attached hydrogens (tertiary/aromatic N) is 2. The van der Waals surface area contributed by atoms with Gasteiger partial charge in [-0.05, 0) is 47.5 Å². The number of benzene rings is 3. The Balaban J connectivity index is 1.62. The summed E-state index contributed by atoms with van der Waals surface area (Å²) < 4.78 is 8.07. The Hall–Kier alpha value is -2.56. The number of ether oxygens (including phenoxy) is 1. The number of hydrogen-bond donors (Lipinski definition) is 1. The van der Waals surface area contributed by atoms with Crippen LogP contribution in [-0.2, 0) is 13.2 Å². The molecule has 0 aliphatic heterocycles. The van der Waals surface area contributed by atoms with E-state index in [9.17, 15) is 5.11 Å². The number of aryl methyl sites for hydroxylation is 1. The fourth-order valence-corrected chi connectivity index (χ4v) is 3.31. The predicted molar refractivity (Wildman–Crippen MR) is 105 cm³/mol. The van der Waals surface area contributed by atoms with E-state index in [1.807, 2.05) is 42.5 Å². The van der Waals surface area contributed by atoms with Gasteiger partial charge in [0, 0.05) is 18.2 Å². The van der Waals surface area contributed by atoms with Gasteiger partial charge in [0.05, 0.1) is 11.0 Å². The Morgan fingerprint density at radius 1 is 1.00 bits per heavy atom. The van der Waals surface area contributed by atoms with Gasteiger partial charge in [0.1, 0.15) is 18.2 Å². The molecule has 0 aliphatic rings. The zero-order valence-corrected chi connectivity index (χ0v) is 15.0. The number of aliphatic hydroxyl groups excluding tert-OH is 1. The molecule has 3 aromatic carbocycles. The maximum Gasteiger partial charge on any atom is 0.147 e. The first kappa shape index (κ1) is 16.9. The van der Waals surface area contributed by atoms with Gasteiger partial charge in [-0.25, -0.2) is 4.98 Å². The second kappa shape index (κ2) is 7.36. The molecule has 4 rings (SSSR count). The SMILES string of the molecule is OCCCn1c(COc2ccc3ccccc3c2)nc2ccc(Cl)cc21. The van der Waals surface area contributed by atoms with E-state index in [1.165, 1.54) is 5.39 Å². The molecule has 0 radical (unpaired) electrons. The molecule has 5 heteroatoms. The minimum absolute atomic E-state index is 0.130. The third-order valence-corrected chi connectivity index (χ3v) is 4.65. The van der Waals surface area contributed by atoms with Gasteiger partial charge in [0.25, 0.3) is 0 Å². The number of aromatic nitrogens is 2. The van der Waals surface area contributed by atoms with Crippen LogP contribution >= 0.6 is 11.6 Å². The molecule has 0 spiro atoms. The fraction of sp³-hybridized carbons (Fsp3) is 0.190. The van der Waals surface area contributed by atoms with Crippen LogP contribution in [0.4, 0.5) is 0 Å². The molecule has 0 unspecified atom stereocenters. The average molecular weight is 367 g/mol. The topological polar surface area (TPSA) is 47.3 Å². The first-order valence-electron chi connectivity index (χ1n) is 8.62. The molecule has 0 fully saturated rings. The summed E-state index contributed by atoms with van der Waals surface area (Å²) >= 11 is 6.14. The molecule has 26 heavy (non-hydrogen) atoms. The van der Waals surface area contributed by atoms with Crippen LogP contribution in [0.15, 0.2) is 60.7 Å². The lowest BCUT2D eigenvalue weighted by molar-refractivity contribution is 0.270. The van der Waals surface area contributed by atoms with Crippen molar-refractivity contribution in [2.75, 3.05) is 6.61 Å². The molecule has 1 aromatic heterocycles. The first-order valence-corrected chi connectivity index (χ1v) is 8.99. The van der Waals surface area contributed by atoms with Gasteiger partial charge in [-0.3, -0.25) is 0 Å². The molecular formula is C21H19ClN2O2. The molecule has 0 saturated carbocycles. The van der Waals surface area contributed by atoms with Crippen LogP contribution < -0.4 is 4.74 Å². The Morgan fingerprint density at radius 3 is 2.69 bits per heavy atom. The summed E-state index contributed by atoms with van der Waals surface area (Å²) in [7, 11) is 0. The molecule has 1 N–H and O–H groups in total. The van der Waals surface area contributed by atoms with Gasteiger partial charge in [0.2, 0.25) is 0 Å². The maximum atomic E-state index is 9.20. The lowest BCUT2D eigenvalue weighted by Crippen LogP contribution is -2.08. The van der Waals surface area contributed by atoms with Crippen LogP contribution in [0, 0.1) is 0 Å². The molecule has 0 saturated heterocycles. The quantitative estimate of drug-likeness (QED) is 0.533. The molecule has 0 bridgehead atoms. The lowest BCUT2D eigenvalue weighted by Gasteiger charge is -2.10. The number of imidazole rings is 1. The number of halogens is 1. The van der Waals surface area contributed by atoms with E-state index in [0.717, 1.165) is 28.0 Å². The van der Waals surface area contributed by atoms with Gasteiger partial charge < -0.3 is 14.4 Å². The second-order valence-corrected chi connectivity index (χ2v) is 6.62. The Kier molecular flexibility index (Phi) is 4.78. The highest BCUT2D eigenvalue weighted by Gasteiger charge is 2.12. The van der Waals surface area contributed by atoms with Gasteiger partial charge in [-0.15, -0.1) is 0 Å². The number of hydrogen-bond acceptors (Lipinski definition) is 3. The standard InChI is InChI=1S/C21H19ClN2O2/c22-17-7-9-19-20(13-17)24(10-3-11-25)21(23-19)14-26-18-8-6-15-4-1-2-5-16(15)12-18/h1-2,4-9,12-13,25H,3,10-11,14H2. The van der Waals surface area contributed by atoms with Crippen LogP contribution in [0.3, 0.4) is 0 Å². The normalized spacial score (nSPS) is 11.3. The molecule has 0 aliphatic carbocycles. The van der Waals surface area contributed by atoms with E-state index in [-0.39, 0.29) is 6.61 Å². The fourth-order valence-electron chi connectivity index (χ4n) is 3.14. The van der Waals surface area contributed by atoms with Crippen molar-refractivity contribution in [1.29, 1.82) is 0 Å². The third-order valence-electron chi connectivity index (χ3n) is 4.42. The predicted octanol–water partition coefficient (Wildman–Crippen LogP) is 4.80. The van der Waals surface area contributed by atoms with Crippen LogP contribution in [0.5, 0.6) is 5.75 Å². The summed E-state index contributed by atoms with van der Waals surface area (Å²) in [6, 6.07) is 19.9. The van der Waals surface area contributed by atoms with E-state index in [0.29, 0.717) is 24.6 Å². The number of fused-ring (bicyclic) bond motifs is 2. The van der Waals surface area contributed by atoms with E-state index in [2.05, 4.69) is 27.8 Å². The molecule has 1 heterocycles. The Labute approximate surface area is 156 Å². The summed E-state index contributed by atoms with van der Waals surface area (Å²) in [5, 5.41) is 12.2. The highest BCUT2D eigenvalue weighted by Crippen LogP contribution is 2.24. The van der Waals surface area contributed by atoms with Gasteiger partial charge >= 0.3 is 0 Å².